The number of aliphatic hydroxyl groups is 1. The Morgan fingerprint density at radius 2 is 2.00 bits per heavy atom. The third-order valence-corrected chi connectivity index (χ3v) is 3.42. The lowest BCUT2D eigenvalue weighted by molar-refractivity contribution is -0.384. The normalized spacial score (nSPS) is 17.2. The quantitative estimate of drug-likeness (QED) is 0.652. The van der Waals surface area contributed by atoms with Gasteiger partial charge in [-0.05, 0) is 19.0 Å². The molecule has 0 radical (unpaired) electrons. The Labute approximate surface area is 112 Å². The lowest BCUT2D eigenvalue weighted by Gasteiger charge is -2.23. The molecule has 19 heavy (non-hydrogen) atoms. The van der Waals surface area contributed by atoms with Crippen LogP contribution in [0.25, 0.3) is 0 Å². The first kappa shape index (κ1) is 13.8. The summed E-state index contributed by atoms with van der Waals surface area (Å²) in [6.45, 7) is 4.15. The van der Waals surface area contributed by atoms with E-state index in [0.29, 0.717) is 12.2 Å². The molecule has 0 unspecified atom stereocenters. The zero-order valence-corrected chi connectivity index (χ0v) is 10.9. The predicted molar refractivity (Wildman–Crippen MR) is 73.5 cm³/mol. The molecule has 6 nitrogen and oxygen atoms in total. The van der Waals surface area contributed by atoms with E-state index in [4.69, 9.17) is 5.11 Å². The Kier molecular flexibility index (Phi) is 4.70. The van der Waals surface area contributed by atoms with E-state index >= 15 is 0 Å². The summed E-state index contributed by atoms with van der Waals surface area (Å²) in [7, 11) is 0. The highest BCUT2D eigenvalue weighted by Crippen LogP contribution is 2.28. The number of nitro groups is 1. The Bertz CT molecular complexity index is 439. The van der Waals surface area contributed by atoms with Gasteiger partial charge in [-0.25, -0.2) is 0 Å². The van der Waals surface area contributed by atoms with Crippen LogP contribution in [0.4, 0.5) is 11.4 Å². The average molecular weight is 265 g/mol. The van der Waals surface area contributed by atoms with Crippen molar-refractivity contribution in [3.8, 4) is 0 Å². The fourth-order valence-corrected chi connectivity index (χ4v) is 2.46. The highest BCUT2D eigenvalue weighted by molar-refractivity contribution is 5.63. The van der Waals surface area contributed by atoms with Crippen LogP contribution in [0.15, 0.2) is 24.3 Å². The van der Waals surface area contributed by atoms with Crippen molar-refractivity contribution in [2.45, 2.75) is 6.42 Å². The number of β-amino-alcohol motifs (C(OH)–C–C–N with tert-alkyl or cyclic N) is 1. The van der Waals surface area contributed by atoms with Gasteiger partial charge in [0.2, 0.25) is 0 Å². The standard InChI is InChI=1S/C13H19N3O3/c17-11-10-14-6-3-7-15(9-8-14)12-4-1-2-5-13(12)16(18)19/h1-2,4-5,17H,3,6-11H2. The molecule has 1 heterocycles. The molecular weight excluding hydrogens is 246 g/mol. The molecule has 0 saturated carbocycles. The smallest absolute Gasteiger partial charge is 0.292 e. The van der Waals surface area contributed by atoms with Crippen LogP contribution in [0, 0.1) is 10.1 Å². The second-order valence-electron chi connectivity index (χ2n) is 4.65. The Morgan fingerprint density at radius 1 is 1.21 bits per heavy atom. The lowest BCUT2D eigenvalue weighted by Crippen LogP contribution is -2.32. The molecule has 1 aromatic carbocycles. The SMILES string of the molecule is O=[N+]([O-])c1ccccc1N1CCCN(CCO)CC1. The molecule has 1 aromatic rings. The largest absolute Gasteiger partial charge is 0.395 e. The molecule has 0 bridgehead atoms. The zero-order valence-electron chi connectivity index (χ0n) is 10.9. The van der Waals surface area contributed by atoms with E-state index in [-0.39, 0.29) is 17.2 Å². The molecule has 1 N–H and O–H groups in total. The zero-order chi connectivity index (χ0) is 13.7. The summed E-state index contributed by atoms with van der Waals surface area (Å²) in [5.41, 5.74) is 0.858. The molecule has 6 heteroatoms. The highest BCUT2D eigenvalue weighted by Gasteiger charge is 2.21. The molecule has 0 amide bonds. The number of nitrogens with zero attached hydrogens (tertiary/aromatic N) is 3. The van der Waals surface area contributed by atoms with Crippen molar-refractivity contribution in [2.24, 2.45) is 0 Å². The van der Waals surface area contributed by atoms with Crippen molar-refractivity contribution in [2.75, 3.05) is 44.2 Å². The Hall–Kier alpha value is -1.66. The Morgan fingerprint density at radius 3 is 2.74 bits per heavy atom. The van der Waals surface area contributed by atoms with E-state index in [0.717, 1.165) is 32.6 Å². The van der Waals surface area contributed by atoms with Gasteiger partial charge in [-0.1, -0.05) is 12.1 Å². The van der Waals surface area contributed by atoms with Crippen LogP contribution in [-0.4, -0.2) is 54.3 Å². The summed E-state index contributed by atoms with van der Waals surface area (Å²) in [5.74, 6) is 0. The van der Waals surface area contributed by atoms with Gasteiger partial charge in [0.05, 0.1) is 11.5 Å². The van der Waals surface area contributed by atoms with Crippen LogP contribution in [-0.2, 0) is 0 Å². The number of benzene rings is 1. The maximum atomic E-state index is 11.1. The van der Waals surface area contributed by atoms with Gasteiger partial charge in [-0.15, -0.1) is 0 Å². The molecule has 2 rings (SSSR count). The first-order valence-corrected chi connectivity index (χ1v) is 6.54. The fraction of sp³-hybridized carbons (Fsp3) is 0.538. The molecule has 0 atom stereocenters. The van der Waals surface area contributed by atoms with E-state index in [1.54, 1.807) is 18.2 Å². The van der Waals surface area contributed by atoms with Crippen LogP contribution < -0.4 is 4.90 Å². The molecular formula is C13H19N3O3. The molecule has 104 valence electrons. The topological polar surface area (TPSA) is 69.9 Å². The third-order valence-electron chi connectivity index (χ3n) is 3.42. The van der Waals surface area contributed by atoms with Crippen molar-refractivity contribution in [3.63, 3.8) is 0 Å². The summed E-state index contributed by atoms with van der Waals surface area (Å²) in [6.07, 6.45) is 0.950. The van der Waals surface area contributed by atoms with Gasteiger partial charge in [0.15, 0.2) is 0 Å². The summed E-state index contributed by atoms with van der Waals surface area (Å²) in [6, 6.07) is 6.88. The van der Waals surface area contributed by atoms with Crippen molar-refractivity contribution in [1.29, 1.82) is 0 Å². The van der Waals surface area contributed by atoms with Crippen molar-refractivity contribution in [1.82, 2.24) is 4.90 Å². The van der Waals surface area contributed by atoms with E-state index < -0.39 is 0 Å². The minimum atomic E-state index is -0.328. The van der Waals surface area contributed by atoms with Crippen molar-refractivity contribution in [3.05, 3.63) is 34.4 Å². The van der Waals surface area contributed by atoms with Gasteiger partial charge >= 0.3 is 0 Å². The number of hydrogen-bond acceptors (Lipinski definition) is 5. The summed E-state index contributed by atoms with van der Waals surface area (Å²) >= 11 is 0. The average Bonchev–Trinajstić information content (AvgIpc) is 2.65. The maximum absolute atomic E-state index is 11.1. The number of aliphatic hydroxyl groups excluding tert-OH is 1. The monoisotopic (exact) mass is 265 g/mol. The molecule has 0 aromatic heterocycles. The van der Waals surface area contributed by atoms with E-state index in [9.17, 15) is 10.1 Å². The van der Waals surface area contributed by atoms with E-state index in [1.807, 2.05) is 6.07 Å². The number of hydrogen-bond donors (Lipinski definition) is 1. The van der Waals surface area contributed by atoms with Gasteiger partial charge in [0.1, 0.15) is 5.69 Å². The lowest BCUT2D eigenvalue weighted by atomic mass is 10.2. The van der Waals surface area contributed by atoms with Gasteiger partial charge in [0, 0.05) is 32.2 Å². The molecule has 1 aliphatic rings. The number of para-hydroxylation sites is 2. The van der Waals surface area contributed by atoms with Crippen LogP contribution in [0.3, 0.4) is 0 Å². The van der Waals surface area contributed by atoms with Gasteiger partial charge in [-0.3, -0.25) is 15.0 Å². The second-order valence-corrected chi connectivity index (χ2v) is 4.65. The third kappa shape index (κ3) is 3.42. The second kappa shape index (κ2) is 6.49. The van der Waals surface area contributed by atoms with E-state index in [1.165, 1.54) is 0 Å². The van der Waals surface area contributed by atoms with Gasteiger partial charge in [0.25, 0.3) is 5.69 Å². The molecule has 1 saturated heterocycles. The number of nitro benzene ring substituents is 1. The first-order chi connectivity index (χ1) is 9.22. The van der Waals surface area contributed by atoms with Crippen molar-refractivity contribution >= 4 is 11.4 Å². The molecule has 0 spiro atoms. The van der Waals surface area contributed by atoms with Crippen LogP contribution >= 0.6 is 0 Å². The van der Waals surface area contributed by atoms with Gasteiger partial charge < -0.3 is 10.0 Å². The summed E-state index contributed by atoms with van der Waals surface area (Å²) in [5, 5.41) is 20.0. The summed E-state index contributed by atoms with van der Waals surface area (Å²) < 4.78 is 0. The van der Waals surface area contributed by atoms with Crippen LogP contribution in [0.2, 0.25) is 0 Å². The highest BCUT2D eigenvalue weighted by atomic mass is 16.6. The minimum absolute atomic E-state index is 0.158. The number of rotatable bonds is 4. The molecule has 1 fully saturated rings. The fourth-order valence-electron chi connectivity index (χ4n) is 2.46. The predicted octanol–water partition coefficient (Wildman–Crippen LogP) is 1.10. The minimum Gasteiger partial charge on any atom is -0.395 e. The molecule has 0 aliphatic carbocycles. The van der Waals surface area contributed by atoms with Crippen LogP contribution in [0.1, 0.15) is 6.42 Å². The maximum Gasteiger partial charge on any atom is 0.292 e. The van der Waals surface area contributed by atoms with Gasteiger partial charge in [-0.2, -0.15) is 0 Å². The first-order valence-electron chi connectivity index (χ1n) is 6.54. The van der Waals surface area contributed by atoms with Crippen molar-refractivity contribution < 1.29 is 10.0 Å². The summed E-state index contributed by atoms with van der Waals surface area (Å²) in [4.78, 5) is 15.0. The van der Waals surface area contributed by atoms with E-state index in [2.05, 4.69) is 9.80 Å². The Balaban J connectivity index is 2.12. The molecule has 1 aliphatic heterocycles. The number of anilines is 1. The van der Waals surface area contributed by atoms with Crippen LogP contribution in [0.5, 0.6) is 0 Å².